The third kappa shape index (κ3) is 5.55. The molecule has 1 heterocycles. The van der Waals surface area contributed by atoms with E-state index in [1.165, 1.54) is 4.90 Å². The smallest absolute Gasteiger partial charge is 0.324 e. The number of amides is 3. The third-order valence-corrected chi connectivity index (χ3v) is 3.38. The second-order valence-corrected chi connectivity index (χ2v) is 4.91. The molecule has 3 N–H and O–H groups in total. The molecule has 3 amide bonds. The van der Waals surface area contributed by atoms with Gasteiger partial charge in [0.1, 0.15) is 5.75 Å². The highest BCUT2D eigenvalue weighted by molar-refractivity contribution is 14.0. The van der Waals surface area contributed by atoms with E-state index in [1.807, 2.05) is 24.3 Å². The monoisotopic (exact) mass is 447 g/mol. The number of hydrogen-bond acceptors (Lipinski definition) is 4. The molecular weight excluding hydrogens is 425 g/mol. The molecule has 0 bridgehead atoms. The molecule has 1 aromatic carbocycles. The van der Waals surface area contributed by atoms with Crippen molar-refractivity contribution in [1.82, 2.24) is 20.9 Å². The Morgan fingerprint density at radius 3 is 2.79 bits per heavy atom. The van der Waals surface area contributed by atoms with Gasteiger partial charge in [0.05, 0.1) is 13.7 Å². The molecule has 0 spiro atoms. The number of aliphatic imine (C=N–C) groups is 1. The summed E-state index contributed by atoms with van der Waals surface area (Å²) in [5.41, 5.74) is 1.06. The summed E-state index contributed by atoms with van der Waals surface area (Å²) in [6.07, 6.45) is 0. The normalized spacial score (nSPS) is 14.1. The van der Waals surface area contributed by atoms with E-state index in [9.17, 15) is 9.59 Å². The highest BCUT2D eigenvalue weighted by atomic mass is 127. The van der Waals surface area contributed by atoms with E-state index in [1.54, 1.807) is 14.2 Å². The Balaban J connectivity index is 0.00000288. The Hall–Kier alpha value is -2.04. The van der Waals surface area contributed by atoms with Gasteiger partial charge < -0.3 is 20.7 Å². The molecule has 1 aromatic rings. The van der Waals surface area contributed by atoms with Gasteiger partial charge in [-0.15, -0.1) is 24.0 Å². The molecule has 1 aliphatic heterocycles. The standard InChI is InChI=1S/C15H21N5O3.HI/c1-16-14(17-6-7-20-13(21)10-19-15(20)22)18-9-11-4-3-5-12(8-11)23-2;/h3-5,8H,6-7,9-10H2,1-2H3,(H,19,22)(H2,16,17,18);1H. The quantitative estimate of drug-likeness (QED) is 0.256. The lowest BCUT2D eigenvalue weighted by atomic mass is 10.2. The van der Waals surface area contributed by atoms with E-state index in [0.29, 0.717) is 25.6 Å². The van der Waals surface area contributed by atoms with Crippen LogP contribution in [0.25, 0.3) is 0 Å². The molecule has 0 aliphatic carbocycles. The number of rotatable bonds is 6. The molecule has 1 saturated heterocycles. The highest BCUT2D eigenvalue weighted by Crippen LogP contribution is 2.11. The van der Waals surface area contributed by atoms with Gasteiger partial charge in [0, 0.05) is 26.7 Å². The Labute approximate surface area is 158 Å². The van der Waals surface area contributed by atoms with Gasteiger partial charge in [0.15, 0.2) is 5.96 Å². The number of methoxy groups -OCH3 is 1. The Morgan fingerprint density at radius 2 is 2.17 bits per heavy atom. The fourth-order valence-electron chi connectivity index (χ4n) is 2.16. The summed E-state index contributed by atoms with van der Waals surface area (Å²) in [6, 6.07) is 7.37. The SMILES string of the molecule is CN=C(NCCN1C(=O)CNC1=O)NCc1cccc(OC)c1.I. The van der Waals surface area contributed by atoms with Gasteiger partial charge in [-0.1, -0.05) is 12.1 Å². The Morgan fingerprint density at radius 1 is 1.38 bits per heavy atom. The predicted molar refractivity (Wildman–Crippen MR) is 102 cm³/mol. The van der Waals surface area contributed by atoms with Gasteiger partial charge in [0.25, 0.3) is 0 Å². The molecule has 1 aliphatic rings. The van der Waals surface area contributed by atoms with Crippen LogP contribution >= 0.6 is 24.0 Å². The average Bonchev–Trinajstić information content (AvgIpc) is 2.89. The van der Waals surface area contributed by atoms with Crippen LogP contribution < -0.4 is 20.7 Å². The molecule has 9 heteroatoms. The lowest BCUT2D eigenvalue weighted by molar-refractivity contribution is -0.124. The molecular formula is C15H22IN5O3. The average molecular weight is 447 g/mol. The molecule has 0 aromatic heterocycles. The van der Waals surface area contributed by atoms with Crippen molar-refractivity contribution < 1.29 is 14.3 Å². The number of imide groups is 1. The van der Waals surface area contributed by atoms with Crippen molar-refractivity contribution in [2.45, 2.75) is 6.54 Å². The molecule has 8 nitrogen and oxygen atoms in total. The number of nitrogens with one attached hydrogen (secondary N) is 3. The van der Waals surface area contributed by atoms with Crippen molar-refractivity contribution >= 4 is 41.9 Å². The minimum atomic E-state index is -0.351. The first kappa shape index (κ1) is 20.0. The second-order valence-electron chi connectivity index (χ2n) is 4.91. The maximum atomic E-state index is 11.5. The van der Waals surface area contributed by atoms with E-state index in [4.69, 9.17) is 4.74 Å². The second kappa shape index (κ2) is 9.96. The van der Waals surface area contributed by atoms with Crippen LogP contribution in [-0.4, -0.2) is 56.6 Å². The van der Waals surface area contributed by atoms with E-state index in [0.717, 1.165) is 11.3 Å². The summed E-state index contributed by atoms with van der Waals surface area (Å²) in [5, 5.41) is 8.72. The van der Waals surface area contributed by atoms with Crippen molar-refractivity contribution in [2.24, 2.45) is 4.99 Å². The molecule has 132 valence electrons. The fourth-order valence-corrected chi connectivity index (χ4v) is 2.16. The first-order valence-corrected chi connectivity index (χ1v) is 7.29. The van der Waals surface area contributed by atoms with E-state index in [-0.39, 0.29) is 42.5 Å². The molecule has 0 atom stereocenters. The van der Waals surface area contributed by atoms with Crippen LogP contribution in [0.2, 0.25) is 0 Å². The topological polar surface area (TPSA) is 95.1 Å². The van der Waals surface area contributed by atoms with E-state index < -0.39 is 0 Å². The van der Waals surface area contributed by atoms with Crippen LogP contribution in [0, 0.1) is 0 Å². The Bertz CT molecular complexity index is 593. The van der Waals surface area contributed by atoms with Crippen LogP contribution in [0.5, 0.6) is 5.75 Å². The summed E-state index contributed by atoms with van der Waals surface area (Å²) < 4.78 is 5.18. The largest absolute Gasteiger partial charge is 0.497 e. The van der Waals surface area contributed by atoms with Crippen LogP contribution in [0.1, 0.15) is 5.56 Å². The van der Waals surface area contributed by atoms with Crippen molar-refractivity contribution in [3.05, 3.63) is 29.8 Å². The van der Waals surface area contributed by atoms with Crippen molar-refractivity contribution in [2.75, 3.05) is 33.8 Å². The maximum absolute atomic E-state index is 11.5. The third-order valence-electron chi connectivity index (χ3n) is 3.38. The Kier molecular flexibility index (Phi) is 8.30. The summed E-state index contributed by atoms with van der Waals surface area (Å²) in [4.78, 5) is 28.2. The maximum Gasteiger partial charge on any atom is 0.324 e. The molecule has 2 rings (SSSR count). The number of halogens is 1. The van der Waals surface area contributed by atoms with Crippen LogP contribution in [0.15, 0.2) is 29.3 Å². The zero-order valence-electron chi connectivity index (χ0n) is 13.7. The number of carbonyl (C=O) groups is 2. The van der Waals surface area contributed by atoms with Crippen LogP contribution in [0.4, 0.5) is 4.79 Å². The number of benzene rings is 1. The highest BCUT2D eigenvalue weighted by Gasteiger charge is 2.27. The molecule has 0 saturated carbocycles. The summed E-state index contributed by atoms with van der Waals surface area (Å²) in [5.74, 6) is 1.18. The van der Waals surface area contributed by atoms with Crippen molar-refractivity contribution in [3.63, 3.8) is 0 Å². The first-order chi connectivity index (χ1) is 11.1. The van der Waals surface area contributed by atoms with E-state index in [2.05, 4.69) is 20.9 Å². The van der Waals surface area contributed by atoms with Gasteiger partial charge in [-0.3, -0.25) is 14.7 Å². The van der Waals surface area contributed by atoms with Gasteiger partial charge in [-0.2, -0.15) is 0 Å². The van der Waals surface area contributed by atoms with Crippen LogP contribution in [0.3, 0.4) is 0 Å². The molecule has 24 heavy (non-hydrogen) atoms. The molecule has 0 unspecified atom stereocenters. The zero-order valence-corrected chi connectivity index (χ0v) is 16.0. The van der Waals surface area contributed by atoms with Crippen LogP contribution in [-0.2, 0) is 11.3 Å². The fraction of sp³-hybridized carbons (Fsp3) is 0.400. The van der Waals surface area contributed by atoms with Crippen molar-refractivity contribution in [3.8, 4) is 5.75 Å². The number of ether oxygens (including phenoxy) is 1. The summed E-state index contributed by atoms with van der Waals surface area (Å²) >= 11 is 0. The number of urea groups is 1. The summed E-state index contributed by atoms with van der Waals surface area (Å²) in [7, 11) is 3.29. The minimum absolute atomic E-state index is 0. The number of carbonyl (C=O) groups excluding carboxylic acids is 2. The lowest BCUT2D eigenvalue weighted by Crippen LogP contribution is -2.43. The summed E-state index contributed by atoms with van der Waals surface area (Å²) in [6.45, 7) is 1.38. The molecule has 0 radical (unpaired) electrons. The molecule has 1 fully saturated rings. The minimum Gasteiger partial charge on any atom is -0.497 e. The van der Waals surface area contributed by atoms with Crippen molar-refractivity contribution in [1.29, 1.82) is 0 Å². The van der Waals surface area contributed by atoms with Gasteiger partial charge in [0.2, 0.25) is 5.91 Å². The predicted octanol–water partition coefficient (Wildman–Crippen LogP) is 0.530. The van der Waals surface area contributed by atoms with Gasteiger partial charge in [-0.25, -0.2) is 4.79 Å². The number of nitrogens with zero attached hydrogens (tertiary/aromatic N) is 2. The first-order valence-electron chi connectivity index (χ1n) is 7.29. The number of guanidine groups is 1. The van der Waals surface area contributed by atoms with Gasteiger partial charge >= 0.3 is 6.03 Å². The van der Waals surface area contributed by atoms with Gasteiger partial charge in [-0.05, 0) is 17.7 Å². The van der Waals surface area contributed by atoms with E-state index >= 15 is 0 Å². The zero-order chi connectivity index (χ0) is 16.7. The number of hydrogen-bond donors (Lipinski definition) is 3. The lowest BCUT2D eigenvalue weighted by Gasteiger charge is -2.15.